The highest BCUT2D eigenvalue weighted by molar-refractivity contribution is 5.72. The third kappa shape index (κ3) is 2.99. The van der Waals surface area contributed by atoms with Gasteiger partial charge in [-0.25, -0.2) is 9.50 Å². The molecule has 0 spiro atoms. The summed E-state index contributed by atoms with van der Waals surface area (Å²) in [7, 11) is 0. The number of fused-ring (bicyclic) bond motifs is 1. The van der Waals surface area contributed by atoms with Crippen LogP contribution in [-0.4, -0.2) is 50.0 Å². The maximum atomic E-state index is 10.4. The van der Waals surface area contributed by atoms with Gasteiger partial charge in [-0.15, -0.1) is 5.10 Å². The second-order valence-corrected chi connectivity index (χ2v) is 7.11. The lowest BCUT2D eigenvalue weighted by molar-refractivity contribution is -0.00570. The summed E-state index contributed by atoms with van der Waals surface area (Å²) in [5.74, 6) is 1.40. The summed E-state index contributed by atoms with van der Waals surface area (Å²) in [5, 5.41) is 14.9. The lowest BCUT2D eigenvalue weighted by Gasteiger charge is -2.34. The molecule has 1 fully saturated rings. The zero-order chi connectivity index (χ0) is 18.4. The lowest BCUT2D eigenvalue weighted by atomic mass is 10.0. The number of aromatic nitrogens is 4. The van der Waals surface area contributed by atoms with Gasteiger partial charge < -0.3 is 14.7 Å². The second kappa shape index (κ2) is 6.25. The minimum absolute atomic E-state index is 0.140. The first kappa shape index (κ1) is 16.8. The van der Waals surface area contributed by atoms with Crippen molar-refractivity contribution in [3.63, 3.8) is 0 Å². The number of phenols is 1. The fourth-order valence-electron chi connectivity index (χ4n) is 3.66. The molecule has 0 radical (unpaired) electrons. The van der Waals surface area contributed by atoms with Gasteiger partial charge in [0.1, 0.15) is 5.75 Å². The van der Waals surface area contributed by atoms with Crippen molar-refractivity contribution in [2.75, 3.05) is 18.0 Å². The molecule has 0 amide bonds. The lowest BCUT2D eigenvalue weighted by Crippen LogP contribution is -2.46. The highest BCUT2D eigenvalue weighted by Gasteiger charge is 2.25. The van der Waals surface area contributed by atoms with Crippen LogP contribution in [0.3, 0.4) is 0 Å². The first-order valence-electron chi connectivity index (χ1n) is 8.85. The quantitative estimate of drug-likeness (QED) is 0.763. The molecule has 2 aromatic heterocycles. The number of hydrogen-bond donors (Lipinski definition) is 1. The summed E-state index contributed by atoms with van der Waals surface area (Å²) in [5.41, 5.74) is 3.42. The smallest absolute Gasteiger partial charge is 0.254 e. The van der Waals surface area contributed by atoms with Crippen molar-refractivity contribution in [2.24, 2.45) is 0 Å². The number of hydrogen-bond acceptors (Lipinski definition) is 6. The zero-order valence-corrected chi connectivity index (χ0v) is 15.5. The Kier molecular flexibility index (Phi) is 4.03. The van der Waals surface area contributed by atoms with Crippen LogP contribution in [0.4, 0.5) is 5.95 Å². The van der Waals surface area contributed by atoms with Crippen molar-refractivity contribution in [3.8, 4) is 17.0 Å². The van der Waals surface area contributed by atoms with E-state index in [1.54, 1.807) is 10.6 Å². The molecule has 4 rings (SSSR count). The molecule has 1 aliphatic heterocycles. The number of phenolic OH excluding ortho intramolecular Hbond substituents is 1. The Morgan fingerprint density at radius 2 is 1.85 bits per heavy atom. The summed E-state index contributed by atoms with van der Waals surface area (Å²) < 4.78 is 7.45. The van der Waals surface area contributed by atoms with E-state index in [1.807, 2.05) is 32.2 Å². The minimum Gasteiger partial charge on any atom is -0.507 e. The van der Waals surface area contributed by atoms with E-state index in [-0.39, 0.29) is 18.0 Å². The fourth-order valence-corrected chi connectivity index (χ4v) is 3.66. The van der Waals surface area contributed by atoms with E-state index in [2.05, 4.69) is 33.8 Å². The van der Waals surface area contributed by atoms with E-state index in [0.717, 1.165) is 29.8 Å². The van der Waals surface area contributed by atoms with Crippen molar-refractivity contribution in [1.29, 1.82) is 0 Å². The topological polar surface area (TPSA) is 75.8 Å². The predicted octanol–water partition coefficient (Wildman–Crippen LogP) is 2.73. The highest BCUT2D eigenvalue weighted by atomic mass is 16.5. The van der Waals surface area contributed by atoms with Gasteiger partial charge in [0.25, 0.3) is 5.78 Å². The molecule has 0 unspecified atom stereocenters. The van der Waals surface area contributed by atoms with Crippen molar-refractivity contribution >= 4 is 11.7 Å². The SMILES string of the molecule is Cc1cc(C)c(-c2ccn3nc(N4C[C@@H](C)O[C@H](C)C4)nc3n2)c(O)c1. The van der Waals surface area contributed by atoms with Crippen molar-refractivity contribution in [2.45, 2.75) is 39.9 Å². The van der Waals surface area contributed by atoms with Crippen LogP contribution in [0.5, 0.6) is 5.75 Å². The normalized spacial score (nSPS) is 20.7. The van der Waals surface area contributed by atoms with Crippen LogP contribution < -0.4 is 4.90 Å². The Morgan fingerprint density at radius 1 is 1.12 bits per heavy atom. The third-order valence-electron chi connectivity index (χ3n) is 4.61. The molecule has 0 aliphatic carbocycles. The molecule has 7 nitrogen and oxygen atoms in total. The molecule has 1 N–H and O–H groups in total. The average molecular weight is 353 g/mol. The van der Waals surface area contributed by atoms with Gasteiger partial charge in [-0.3, -0.25) is 0 Å². The summed E-state index contributed by atoms with van der Waals surface area (Å²) in [6, 6.07) is 5.64. The Labute approximate surface area is 152 Å². The Hall–Kier alpha value is -2.67. The molecule has 3 aromatic rings. The first-order valence-corrected chi connectivity index (χ1v) is 8.85. The molecule has 3 heterocycles. The molecule has 0 saturated carbocycles. The van der Waals surface area contributed by atoms with Crippen LogP contribution in [-0.2, 0) is 4.74 Å². The molecular weight excluding hydrogens is 330 g/mol. The molecule has 136 valence electrons. The minimum atomic E-state index is 0.140. The fraction of sp³-hybridized carbons (Fsp3) is 0.421. The third-order valence-corrected chi connectivity index (χ3v) is 4.61. The highest BCUT2D eigenvalue weighted by Crippen LogP contribution is 2.32. The molecule has 1 aromatic carbocycles. The second-order valence-electron chi connectivity index (χ2n) is 7.11. The van der Waals surface area contributed by atoms with E-state index in [4.69, 9.17) is 4.74 Å². The number of anilines is 1. The van der Waals surface area contributed by atoms with E-state index in [1.165, 1.54) is 0 Å². The largest absolute Gasteiger partial charge is 0.507 e. The predicted molar refractivity (Wildman–Crippen MR) is 99.6 cm³/mol. The maximum absolute atomic E-state index is 10.4. The maximum Gasteiger partial charge on any atom is 0.254 e. The van der Waals surface area contributed by atoms with Gasteiger partial charge in [-0.05, 0) is 51.0 Å². The van der Waals surface area contributed by atoms with Crippen molar-refractivity contribution in [1.82, 2.24) is 19.6 Å². The number of benzene rings is 1. The van der Waals surface area contributed by atoms with Gasteiger partial charge in [-0.2, -0.15) is 4.98 Å². The number of aryl methyl sites for hydroxylation is 2. The standard InChI is InChI=1S/C19H23N5O2/c1-11-7-12(2)17(16(25)8-11)15-5-6-24-18(20-15)21-19(22-24)23-9-13(3)26-14(4)10-23/h5-8,13-14,25H,9-10H2,1-4H3/t13-,14-/m1/s1. The monoisotopic (exact) mass is 353 g/mol. The Balaban J connectivity index is 1.73. The number of rotatable bonds is 2. The van der Waals surface area contributed by atoms with Gasteiger partial charge in [-0.1, -0.05) is 6.07 Å². The van der Waals surface area contributed by atoms with Crippen LogP contribution in [0.25, 0.3) is 17.0 Å². The van der Waals surface area contributed by atoms with Gasteiger partial charge in [0.05, 0.1) is 17.9 Å². The van der Waals surface area contributed by atoms with Gasteiger partial charge >= 0.3 is 0 Å². The van der Waals surface area contributed by atoms with Gasteiger partial charge in [0, 0.05) is 24.8 Å². The molecule has 0 bridgehead atoms. The average Bonchev–Trinajstić information content (AvgIpc) is 2.96. The summed E-state index contributed by atoms with van der Waals surface area (Å²) in [6.07, 6.45) is 2.11. The molecule has 7 heteroatoms. The van der Waals surface area contributed by atoms with E-state index < -0.39 is 0 Å². The van der Waals surface area contributed by atoms with Crippen LogP contribution in [0.1, 0.15) is 25.0 Å². The Morgan fingerprint density at radius 3 is 2.54 bits per heavy atom. The summed E-state index contributed by atoms with van der Waals surface area (Å²) >= 11 is 0. The first-order chi connectivity index (χ1) is 12.4. The van der Waals surface area contributed by atoms with Gasteiger partial charge in [0.15, 0.2) is 0 Å². The van der Waals surface area contributed by atoms with Crippen molar-refractivity contribution < 1.29 is 9.84 Å². The van der Waals surface area contributed by atoms with E-state index in [9.17, 15) is 5.11 Å². The van der Waals surface area contributed by atoms with Crippen LogP contribution in [0, 0.1) is 13.8 Å². The number of ether oxygens (including phenoxy) is 1. The number of nitrogens with zero attached hydrogens (tertiary/aromatic N) is 5. The van der Waals surface area contributed by atoms with Crippen LogP contribution >= 0.6 is 0 Å². The van der Waals surface area contributed by atoms with E-state index >= 15 is 0 Å². The van der Waals surface area contributed by atoms with Crippen LogP contribution in [0.2, 0.25) is 0 Å². The van der Waals surface area contributed by atoms with Gasteiger partial charge in [0.2, 0.25) is 5.95 Å². The van der Waals surface area contributed by atoms with Crippen molar-refractivity contribution in [3.05, 3.63) is 35.5 Å². The molecule has 26 heavy (non-hydrogen) atoms. The molecule has 1 aliphatic rings. The summed E-state index contributed by atoms with van der Waals surface area (Å²) in [4.78, 5) is 11.3. The molecule has 2 atom stereocenters. The molecular formula is C19H23N5O2. The number of aromatic hydroxyl groups is 1. The zero-order valence-electron chi connectivity index (χ0n) is 15.5. The number of morpholine rings is 1. The Bertz CT molecular complexity index is 935. The van der Waals surface area contributed by atoms with Crippen LogP contribution in [0.15, 0.2) is 24.4 Å². The van der Waals surface area contributed by atoms with E-state index in [0.29, 0.717) is 17.4 Å². The summed E-state index contributed by atoms with van der Waals surface area (Å²) in [6.45, 7) is 9.55. The molecule has 1 saturated heterocycles.